The van der Waals surface area contributed by atoms with Crippen molar-refractivity contribution in [1.29, 1.82) is 0 Å². The predicted molar refractivity (Wildman–Crippen MR) is 93.8 cm³/mol. The van der Waals surface area contributed by atoms with E-state index in [0.29, 0.717) is 12.5 Å². The Hall–Kier alpha value is -2.04. The lowest BCUT2D eigenvalue weighted by Crippen LogP contribution is -2.40. The van der Waals surface area contributed by atoms with Crippen molar-refractivity contribution in [2.45, 2.75) is 46.1 Å². The van der Waals surface area contributed by atoms with Gasteiger partial charge in [-0.1, -0.05) is 25.1 Å². The zero-order valence-electron chi connectivity index (χ0n) is 14.9. The van der Waals surface area contributed by atoms with E-state index >= 15 is 0 Å². The summed E-state index contributed by atoms with van der Waals surface area (Å²) in [5.41, 5.74) is 0.855. The molecule has 0 bridgehead atoms. The van der Waals surface area contributed by atoms with Gasteiger partial charge in [0.1, 0.15) is 5.75 Å². The number of hydrogen-bond acceptors (Lipinski definition) is 3. The molecule has 0 spiro atoms. The van der Waals surface area contributed by atoms with Gasteiger partial charge in [0.15, 0.2) is 0 Å². The van der Waals surface area contributed by atoms with Crippen LogP contribution in [0.15, 0.2) is 24.3 Å². The molecule has 132 valence electrons. The van der Waals surface area contributed by atoms with Crippen LogP contribution in [0.2, 0.25) is 0 Å². The second-order valence-electron chi connectivity index (χ2n) is 6.49. The molecular weight excluding hydrogens is 304 g/mol. The van der Waals surface area contributed by atoms with E-state index in [1.54, 1.807) is 0 Å². The van der Waals surface area contributed by atoms with Crippen molar-refractivity contribution < 1.29 is 14.3 Å². The Balaban J connectivity index is 2.13. The number of ether oxygens (including phenoxy) is 1. The maximum atomic E-state index is 12.7. The Morgan fingerprint density at radius 2 is 1.96 bits per heavy atom. The molecule has 1 aromatic carbocycles. The van der Waals surface area contributed by atoms with Crippen LogP contribution in [0.25, 0.3) is 0 Å². The third-order valence-corrected chi connectivity index (χ3v) is 4.49. The highest BCUT2D eigenvalue weighted by atomic mass is 16.5. The van der Waals surface area contributed by atoms with Crippen molar-refractivity contribution in [1.82, 2.24) is 10.2 Å². The number of likely N-dealkylation sites (tertiary alicyclic amines) is 1. The van der Waals surface area contributed by atoms with E-state index in [1.165, 1.54) is 6.92 Å². The van der Waals surface area contributed by atoms with Crippen LogP contribution in [0, 0.1) is 5.92 Å². The van der Waals surface area contributed by atoms with Crippen LogP contribution >= 0.6 is 0 Å². The van der Waals surface area contributed by atoms with Gasteiger partial charge < -0.3 is 15.0 Å². The van der Waals surface area contributed by atoms with Gasteiger partial charge in [0.2, 0.25) is 11.8 Å². The number of para-hydroxylation sites is 1. The highest BCUT2D eigenvalue weighted by Crippen LogP contribution is 2.28. The third kappa shape index (κ3) is 4.98. The van der Waals surface area contributed by atoms with Crippen molar-refractivity contribution in [2.24, 2.45) is 5.92 Å². The van der Waals surface area contributed by atoms with Crippen molar-refractivity contribution in [2.75, 3.05) is 19.7 Å². The first-order valence-electron chi connectivity index (χ1n) is 8.77. The van der Waals surface area contributed by atoms with Crippen LogP contribution < -0.4 is 10.1 Å². The normalized spacial score (nSPS) is 16.5. The van der Waals surface area contributed by atoms with Gasteiger partial charge in [-0.2, -0.15) is 0 Å². The Bertz CT molecular complexity index is 565. The molecule has 1 unspecified atom stereocenters. The first-order valence-corrected chi connectivity index (χ1v) is 8.77. The maximum absolute atomic E-state index is 12.7. The van der Waals surface area contributed by atoms with E-state index in [9.17, 15) is 9.59 Å². The van der Waals surface area contributed by atoms with Crippen LogP contribution in [0.1, 0.15) is 51.6 Å². The number of hydrogen-bond donors (Lipinski definition) is 1. The summed E-state index contributed by atoms with van der Waals surface area (Å²) in [6, 6.07) is 7.22. The molecule has 1 aliphatic heterocycles. The van der Waals surface area contributed by atoms with Gasteiger partial charge in [0, 0.05) is 25.6 Å². The van der Waals surface area contributed by atoms with Crippen molar-refractivity contribution in [3.8, 4) is 5.75 Å². The molecule has 2 amide bonds. The number of piperidine rings is 1. The third-order valence-electron chi connectivity index (χ3n) is 4.49. The number of amides is 2. The molecule has 24 heavy (non-hydrogen) atoms. The van der Waals surface area contributed by atoms with Crippen LogP contribution in [-0.4, -0.2) is 36.4 Å². The van der Waals surface area contributed by atoms with Gasteiger partial charge >= 0.3 is 0 Å². The Morgan fingerprint density at radius 3 is 2.58 bits per heavy atom. The summed E-state index contributed by atoms with van der Waals surface area (Å²) in [7, 11) is 0. The maximum Gasteiger partial charge on any atom is 0.224 e. The largest absolute Gasteiger partial charge is 0.494 e. The summed E-state index contributed by atoms with van der Waals surface area (Å²) in [4.78, 5) is 26.2. The lowest BCUT2D eigenvalue weighted by atomic mass is 9.97. The van der Waals surface area contributed by atoms with Crippen molar-refractivity contribution >= 4 is 11.8 Å². The molecule has 1 heterocycles. The number of rotatable bonds is 6. The molecule has 0 saturated carbocycles. The van der Waals surface area contributed by atoms with Crippen LogP contribution in [0.5, 0.6) is 5.75 Å². The minimum Gasteiger partial charge on any atom is -0.494 e. The average molecular weight is 332 g/mol. The molecule has 5 nitrogen and oxygen atoms in total. The number of carbonyl (C=O) groups is 2. The monoisotopic (exact) mass is 332 g/mol. The number of nitrogens with zero attached hydrogens (tertiary/aromatic N) is 1. The lowest BCUT2D eigenvalue weighted by molar-refractivity contribution is -0.133. The van der Waals surface area contributed by atoms with Gasteiger partial charge in [-0.05, 0) is 31.7 Å². The highest BCUT2D eigenvalue weighted by Gasteiger charge is 2.25. The second kappa shape index (κ2) is 8.71. The Labute approximate surface area is 144 Å². The molecule has 1 atom stereocenters. The van der Waals surface area contributed by atoms with Crippen LogP contribution in [0.3, 0.4) is 0 Å². The number of nitrogens with one attached hydrogen (secondary N) is 1. The molecule has 1 saturated heterocycles. The zero-order chi connectivity index (χ0) is 17.5. The summed E-state index contributed by atoms with van der Waals surface area (Å²) in [6.45, 7) is 7.77. The van der Waals surface area contributed by atoms with E-state index in [1.807, 2.05) is 36.1 Å². The highest BCUT2D eigenvalue weighted by molar-refractivity contribution is 5.79. The molecular formula is C19H28N2O3. The first-order chi connectivity index (χ1) is 11.5. The van der Waals surface area contributed by atoms with Crippen molar-refractivity contribution in [3.63, 3.8) is 0 Å². The predicted octanol–water partition coefficient (Wildman–Crippen LogP) is 2.91. The van der Waals surface area contributed by atoms with E-state index in [0.717, 1.165) is 37.2 Å². The quantitative estimate of drug-likeness (QED) is 0.871. The molecule has 0 aliphatic carbocycles. The van der Waals surface area contributed by atoms with E-state index in [2.05, 4.69) is 12.2 Å². The van der Waals surface area contributed by atoms with E-state index < -0.39 is 0 Å². The van der Waals surface area contributed by atoms with Crippen LogP contribution in [0.4, 0.5) is 0 Å². The van der Waals surface area contributed by atoms with Gasteiger partial charge in [0.05, 0.1) is 19.1 Å². The zero-order valence-corrected chi connectivity index (χ0v) is 14.9. The molecule has 1 fully saturated rings. The van der Waals surface area contributed by atoms with Gasteiger partial charge in [-0.25, -0.2) is 0 Å². The fourth-order valence-electron chi connectivity index (χ4n) is 3.10. The summed E-state index contributed by atoms with van der Waals surface area (Å²) in [5, 5.41) is 2.91. The minimum absolute atomic E-state index is 0.0898. The molecule has 2 rings (SSSR count). The first kappa shape index (κ1) is 18.3. The average Bonchev–Trinajstić information content (AvgIpc) is 2.55. The Kier molecular flexibility index (Phi) is 6.64. The fourth-order valence-corrected chi connectivity index (χ4v) is 3.10. The molecule has 0 radical (unpaired) electrons. The summed E-state index contributed by atoms with van der Waals surface area (Å²) in [5.74, 6) is 1.34. The van der Waals surface area contributed by atoms with Crippen molar-refractivity contribution in [3.05, 3.63) is 29.8 Å². The topological polar surface area (TPSA) is 58.6 Å². The smallest absolute Gasteiger partial charge is 0.224 e. The standard InChI is InChI=1S/C19H28N2O3/c1-4-24-18-8-6-5-7-16(18)17(20-15(3)22)13-19(23)21-11-9-14(2)10-12-21/h5-8,14,17H,4,9-13H2,1-3H3,(H,20,22). The van der Waals surface area contributed by atoms with E-state index in [-0.39, 0.29) is 24.3 Å². The molecule has 5 heteroatoms. The molecule has 1 aliphatic rings. The van der Waals surface area contributed by atoms with E-state index in [4.69, 9.17) is 4.74 Å². The SMILES string of the molecule is CCOc1ccccc1C(CC(=O)N1CCC(C)CC1)NC(C)=O. The fraction of sp³-hybridized carbons (Fsp3) is 0.579. The molecule has 0 aromatic heterocycles. The van der Waals surface area contributed by atoms with Gasteiger partial charge in [-0.15, -0.1) is 0 Å². The summed E-state index contributed by atoms with van der Waals surface area (Å²) in [6.07, 6.45) is 2.36. The molecule has 1 aromatic rings. The minimum atomic E-state index is -0.364. The Morgan fingerprint density at radius 1 is 1.29 bits per heavy atom. The second-order valence-corrected chi connectivity index (χ2v) is 6.49. The number of carbonyl (C=O) groups excluding carboxylic acids is 2. The van der Waals surface area contributed by atoms with Gasteiger partial charge in [-0.3, -0.25) is 9.59 Å². The summed E-state index contributed by atoms with van der Waals surface area (Å²) < 4.78 is 5.66. The lowest BCUT2D eigenvalue weighted by Gasteiger charge is -2.32. The van der Waals surface area contributed by atoms with Gasteiger partial charge in [0.25, 0.3) is 0 Å². The molecule has 1 N–H and O–H groups in total. The summed E-state index contributed by atoms with van der Waals surface area (Å²) >= 11 is 0. The van der Waals surface area contributed by atoms with Crippen LogP contribution in [-0.2, 0) is 9.59 Å². The number of benzene rings is 1.